The van der Waals surface area contributed by atoms with Crippen molar-refractivity contribution in [2.24, 2.45) is 5.41 Å². The molecule has 0 radical (unpaired) electrons. The molecular weight excluding hydrogens is 398 g/mol. The third-order valence-electron chi connectivity index (χ3n) is 6.28. The highest BCUT2D eigenvalue weighted by atomic mass is 16.4. The minimum Gasteiger partial charge on any atom is -0.481 e. The summed E-state index contributed by atoms with van der Waals surface area (Å²) in [5, 5.41) is 12.3. The molecule has 164 valence electrons. The van der Waals surface area contributed by atoms with E-state index in [0.29, 0.717) is 19.4 Å². The molecular formula is C28H29NO3. The van der Waals surface area contributed by atoms with E-state index >= 15 is 0 Å². The molecule has 4 heteroatoms. The summed E-state index contributed by atoms with van der Waals surface area (Å²) >= 11 is 0. The van der Waals surface area contributed by atoms with Gasteiger partial charge in [-0.05, 0) is 72.1 Å². The SMILES string of the molecule is CC(C)(Cc1ccc(CCNC(=O)Cc2cccc3c2Cc2ccccc2-3)cc1)C(=O)O. The lowest BCUT2D eigenvalue weighted by atomic mass is 9.86. The molecule has 4 nitrogen and oxygen atoms in total. The first kappa shape index (κ1) is 21.8. The van der Waals surface area contributed by atoms with Crippen molar-refractivity contribution in [3.8, 4) is 11.1 Å². The Morgan fingerprint density at radius 3 is 2.34 bits per heavy atom. The van der Waals surface area contributed by atoms with Gasteiger partial charge in [-0.25, -0.2) is 0 Å². The molecule has 1 amide bonds. The van der Waals surface area contributed by atoms with Crippen molar-refractivity contribution >= 4 is 11.9 Å². The van der Waals surface area contributed by atoms with Gasteiger partial charge in [0.2, 0.25) is 5.91 Å². The molecule has 3 aromatic carbocycles. The number of carbonyl (C=O) groups is 2. The zero-order chi connectivity index (χ0) is 22.7. The molecule has 0 spiro atoms. The van der Waals surface area contributed by atoms with Gasteiger partial charge < -0.3 is 10.4 Å². The number of benzene rings is 3. The van der Waals surface area contributed by atoms with Gasteiger partial charge in [0.1, 0.15) is 0 Å². The van der Waals surface area contributed by atoms with Crippen LogP contribution in [0.15, 0.2) is 66.7 Å². The van der Waals surface area contributed by atoms with Crippen molar-refractivity contribution in [3.63, 3.8) is 0 Å². The van der Waals surface area contributed by atoms with E-state index in [-0.39, 0.29) is 5.91 Å². The lowest BCUT2D eigenvalue weighted by Gasteiger charge is -2.19. The third kappa shape index (κ3) is 4.75. The number of amides is 1. The largest absolute Gasteiger partial charge is 0.481 e. The number of carboxylic acid groups (broad SMARTS) is 1. The van der Waals surface area contributed by atoms with E-state index in [1.165, 1.54) is 22.3 Å². The van der Waals surface area contributed by atoms with Crippen LogP contribution in [0.2, 0.25) is 0 Å². The molecule has 32 heavy (non-hydrogen) atoms. The molecule has 4 rings (SSSR count). The topological polar surface area (TPSA) is 66.4 Å². The van der Waals surface area contributed by atoms with Crippen LogP contribution in [0.4, 0.5) is 0 Å². The van der Waals surface area contributed by atoms with Gasteiger partial charge >= 0.3 is 5.97 Å². The second kappa shape index (κ2) is 8.99. The molecule has 2 N–H and O–H groups in total. The molecule has 0 saturated heterocycles. The van der Waals surface area contributed by atoms with Gasteiger partial charge in [0.05, 0.1) is 11.8 Å². The molecule has 0 fully saturated rings. The number of fused-ring (bicyclic) bond motifs is 3. The number of nitrogens with one attached hydrogen (secondary N) is 1. The molecule has 0 aliphatic heterocycles. The Bertz CT molecular complexity index is 1150. The minimum atomic E-state index is -0.794. The van der Waals surface area contributed by atoms with E-state index in [1.54, 1.807) is 13.8 Å². The zero-order valence-corrected chi connectivity index (χ0v) is 18.7. The molecule has 0 unspecified atom stereocenters. The fraction of sp³-hybridized carbons (Fsp3) is 0.286. The van der Waals surface area contributed by atoms with Gasteiger partial charge in [-0.1, -0.05) is 66.7 Å². The van der Waals surface area contributed by atoms with Crippen LogP contribution in [-0.2, 0) is 35.3 Å². The van der Waals surface area contributed by atoms with E-state index in [0.717, 1.165) is 29.5 Å². The number of aliphatic carboxylic acids is 1. The summed E-state index contributed by atoms with van der Waals surface area (Å²) in [6, 6.07) is 22.7. The highest BCUT2D eigenvalue weighted by Crippen LogP contribution is 2.38. The van der Waals surface area contributed by atoms with Crippen LogP contribution >= 0.6 is 0 Å². The third-order valence-corrected chi connectivity index (χ3v) is 6.28. The second-order valence-electron chi connectivity index (χ2n) is 9.24. The van der Waals surface area contributed by atoms with Crippen LogP contribution in [0.25, 0.3) is 11.1 Å². The number of carbonyl (C=O) groups excluding carboxylic acids is 1. The summed E-state index contributed by atoms with van der Waals surface area (Å²) < 4.78 is 0. The van der Waals surface area contributed by atoms with Gasteiger partial charge in [-0.2, -0.15) is 0 Å². The van der Waals surface area contributed by atoms with Gasteiger partial charge in [0.15, 0.2) is 0 Å². The van der Waals surface area contributed by atoms with Crippen molar-refractivity contribution in [2.75, 3.05) is 6.54 Å². The zero-order valence-electron chi connectivity index (χ0n) is 18.7. The molecule has 0 aromatic heterocycles. The van der Waals surface area contributed by atoms with Gasteiger partial charge in [0, 0.05) is 6.54 Å². The minimum absolute atomic E-state index is 0.0363. The highest BCUT2D eigenvalue weighted by Gasteiger charge is 2.27. The van der Waals surface area contributed by atoms with E-state index < -0.39 is 11.4 Å². The second-order valence-corrected chi connectivity index (χ2v) is 9.24. The fourth-order valence-electron chi connectivity index (χ4n) is 4.38. The summed E-state index contributed by atoms with van der Waals surface area (Å²) in [7, 11) is 0. The van der Waals surface area contributed by atoms with Crippen LogP contribution in [-0.4, -0.2) is 23.5 Å². The smallest absolute Gasteiger partial charge is 0.309 e. The Labute approximate surface area is 189 Å². The van der Waals surface area contributed by atoms with Crippen LogP contribution in [0.1, 0.15) is 41.7 Å². The fourth-order valence-corrected chi connectivity index (χ4v) is 4.38. The lowest BCUT2D eigenvalue weighted by molar-refractivity contribution is -0.146. The monoisotopic (exact) mass is 427 g/mol. The molecule has 0 saturated carbocycles. The highest BCUT2D eigenvalue weighted by molar-refractivity contribution is 5.83. The molecule has 3 aromatic rings. The van der Waals surface area contributed by atoms with Crippen molar-refractivity contribution in [2.45, 2.75) is 39.5 Å². The maximum absolute atomic E-state index is 12.6. The summed E-state index contributed by atoms with van der Waals surface area (Å²) in [5.74, 6) is -0.758. The quantitative estimate of drug-likeness (QED) is 0.424. The molecule has 0 atom stereocenters. The van der Waals surface area contributed by atoms with E-state index in [1.807, 2.05) is 30.3 Å². The van der Waals surface area contributed by atoms with Crippen molar-refractivity contribution in [1.29, 1.82) is 0 Å². The van der Waals surface area contributed by atoms with Crippen molar-refractivity contribution in [3.05, 3.63) is 94.5 Å². The average Bonchev–Trinajstić information content (AvgIpc) is 3.15. The average molecular weight is 428 g/mol. The van der Waals surface area contributed by atoms with E-state index in [2.05, 4.69) is 41.7 Å². The number of hydrogen-bond acceptors (Lipinski definition) is 2. The van der Waals surface area contributed by atoms with E-state index in [4.69, 9.17) is 0 Å². The van der Waals surface area contributed by atoms with Crippen LogP contribution < -0.4 is 5.32 Å². The normalized spacial score (nSPS) is 12.2. The predicted molar refractivity (Wildman–Crippen MR) is 127 cm³/mol. The molecule has 0 heterocycles. The molecule has 1 aliphatic rings. The standard InChI is InChI=1S/C28H29NO3/c1-28(2,27(31)32)18-20-12-10-19(11-13-20)14-15-29-26(30)17-22-7-5-9-24-23-8-4-3-6-21(23)16-25(22)24/h3-13H,14-18H2,1-2H3,(H,29,30)(H,31,32). The van der Waals surface area contributed by atoms with Crippen LogP contribution in [0, 0.1) is 5.41 Å². The summed E-state index contributed by atoms with van der Waals surface area (Å²) in [6.07, 6.45) is 2.51. The molecule has 1 aliphatic carbocycles. The first-order valence-corrected chi connectivity index (χ1v) is 11.1. The summed E-state index contributed by atoms with van der Waals surface area (Å²) in [6.45, 7) is 4.05. The number of carboxylic acids is 1. The summed E-state index contributed by atoms with van der Waals surface area (Å²) in [5.41, 5.74) is 7.56. The Morgan fingerprint density at radius 2 is 1.59 bits per heavy atom. The Kier molecular flexibility index (Phi) is 6.13. The van der Waals surface area contributed by atoms with Gasteiger partial charge in [-0.3, -0.25) is 9.59 Å². The Balaban J connectivity index is 1.30. The van der Waals surface area contributed by atoms with Gasteiger partial charge in [0.25, 0.3) is 0 Å². The maximum atomic E-state index is 12.6. The number of rotatable bonds is 8. The van der Waals surface area contributed by atoms with Crippen LogP contribution in [0.3, 0.4) is 0 Å². The predicted octanol–water partition coefficient (Wildman–Crippen LogP) is 4.81. The maximum Gasteiger partial charge on any atom is 0.309 e. The van der Waals surface area contributed by atoms with Gasteiger partial charge in [-0.15, -0.1) is 0 Å². The lowest BCUT2D eigenvalue weighted by Crippen LogP contribution is -2.27. The number of hydrogen-bond donors (Lipinski definition) is 2. The van der Waals surface area contributed by atoms with Crippen LogP contribution in [0.5, 0.6) is 0 Å². The molecule has 0 bridgehead atoms. The Hall–Kier alpha value is -3.40. The first-order valence-electron chi connectivity index (χ1n) is 11.1. The van der Waals surface area contributed by atoms with E-state index in [9.17, 15) is 14.7 Å². The summed E-state index contributed by atoms with van der Waals surface area (Å²) in [4.78, 5) is 23.9. The van der Waals surface area contributed by atoms with Crippen molar-refractivity contribution < 1.29 is 14.7 Å². The Morgan fingerprint density at radius 1 is 0.906 bits per heavy atom. The van der Waals surface area contributed by atoms with Crippen molar-refractivity contribution in [1.82, 2.24) is 5.32 Å². The first-order chi connectivity index (χ1) is 15.3.